The number of hydrogen-bond acceptors (Lipinski definition) is 2. The van der Waals surface area contributed by atoms with E-state index in [0.29, 0.717) is 18.0 Å². The molecule has 3 nitrogen and oxygen atoms in total. The van der Waals surface area contributed by atoms with Crippen LogP contribution in [-0.4, -0.2) is 18.0 Å². The number of amides is 1. The second kappa shape index (κ2) is 5.32. The van der Waals surface area contributed by atoms with E-state index in [9.17, 15) is 4.79 Å². The van der Waals surface area contributed by atoms with Gasteiger partial charge >= 0.3 is 0 Å². The molecule has 0 heterocycles. The second-order valence-corrected chi connectivity index (χ2v) is 5.32. The largest absolute Gasteiger partial charge is 0.346 e. The molecule has 3 heteroatoms. The number of carbonyl (C=O) groups is 1. The maximum absolute atomic E-state index is 11.9. The van der Waals surface area contributed by atoms with Crippen LogP contribution in [0.15, 0.2) is 24.3 Å². The van der Waals surface area contributed by atoms with E-state index in [2.05, 4.69) is 19.2 Å². The van der Waals surface area contributed by atoms with Gasteiger partial charge < -0.3 is 11.1 Å². The summed E-state index contributed by atoms with van der Waals surface area (Å²) in [4.78, 5) is 11.9. The summed E-state index contributed by atoms with van der Waals surface area (Å²) in [5.41, 5.74) is 7.13. The average molecular weight is 234 g/mol. The first kappa shape index (κ1) is 13.7. The van der Waals surface area contributed by atoms with Crippen LogP contribution in [0.3, 0.4) is 0 Å². The van der Waals surface area contributed by atoms with Crippen LogP contribution in [0.4, 0.5) is 0 Å². The van der Waals surface area contributed by atoms with E-state index in [-0.39, 0.29) is 11.4 Å². The highest BCUT2D eigenvalue weighted by Gasteiger charge is 2.19. The van der Waals surface area contributed by atoms with Gasteiger partial charge in [-0.15, -0.1) is 0 Å². The van der Waals surface area contributed by atoms with Crippen LogP contribution in [0.2, 0.25) is 0 Å². The lowest BCUT2D eigenvalue weighted by Crippen LogP contribution is -2.48. The SMILES string of the molecule is CC(C)c1ccc(C(=O)NC(C)(C)CN)cc1. The lowest BCUT2D eigenvalue weighted by molar-refractivity contribution is 0.0915. The van der Waals surface area contributed by atoms with Gasteiger partial charge in [-0.25, -0.2) is 0 Å². The molecule has 1 rings (SSSR count). The number of rotatable bonds is 4. The molecular formula is C14H22N2O. The molecule has 1 amide bonds. The van der Waals surface area contributed by atoms with Crippen molar-refractivity contribution in [3.63, 3.8) is 0 Å². The Morgan fingerprint density at radius 1 is 1.29 bits per heavy atom. The molecule has 0 radical (unpaired) electrons. The van der Waals surface area contributed by atoms with Crippen LogP contribution < -0.4 is 11.1 Å². The number of carbonyl (C=O) groups excluding carboxylic acids is 1. The van der Waals surface area contributed by atoms with Crippen molar-refractivity contribution in [3.8, 4) is 0 Å². The zero-order valence-corrected chi connectivity index (χ0v) is 11.1. The van der Waals surface area contributed by atoms with Gasteiger partial charge in [0.1, 0.15) is 0 Å². The molecule has 1 aromatic carbocycles. The van der Waals surface area contributed by atoms with Gasteiger partial charge in [0, 0.05) is 17.6 Å². The van der Waals surface area contributed by atoms with Crippen molar-refractivity contribution in [1.82, 2.24) is 5.32 Å². The van der Waals surface area contributed by atoms with E-state index in [1.807, 2.05) is 38.1 Å². The normalized spacial score (nSPS) is 11.6. The zero-order chi connectivity index (χ0) is 13.1. The first-order valence-electron chi connectivity index (χ1n) is 5.98. The first-order valence-corrected chi connectivity index (χ1v) is 5.98. The highest BCUT2D eigenvalue weighted by atomic mass is 16.1. The molecule has 0 spiro atoms. The van der Waals surface area contributed by atoms with Crippen LogP contribution in [0.1, 0.15) is 49.5 Å². The van der Waals surface area contributed by atoms with Gasteiger partial charge in [-0.2, -0.15) is 0 Å². The summed E-state index contributed by atoms with van der Waals surface area (Å²) in [7, 11) is 0. The van der Waals surface area contributed by atoms with Crippen molar-refractivity contribution in [1.29, 1.82) is 0 Å². The smallest absolute Gasteiger partial charge is 0.251 e. The van der Waals surface area contributed by atoms with Crippen molar-refractivity contribution in [2.24, 2.45) is 5.73 Å². The molecule has 94 valence electrons. The van der Waals surface area contributed by atoms with Crippen LogP contribution >= 0.6 is 0 Å². The Hall–Kier alpha value is -1.35. The lowest BCUT2D eigenvalue weighted by Gasteiger charge is -2.24. The molecule has 0 fully saturated rings. The summed E-state index contributed by atoms with van der Waals surface area (Å²) in [5.74, 6) is 0.406. The van der Waals surface area contributed by atoms with Crippen LogP contribution in [0.5, 0.6) is 0 Å². The quantitative estimate of drug-likeness (QED) is 0.839. The number of nitrogens with two attached hydrogens (primary N) is 1. The van der Waals surface area contributed by atoms with Crippen molar-refractivity contribution < 1.29 is 4.79 Å². The standard InChI is InChI=1S/C14H22N2O/c1-10(2)11-5-7-12(8-6-11)13(17)16-14(3,4)9-15/h5-8,10H,9,15H2,1-4H3,(H,16,17). The maximum atomic E-state index is 11.9. The van der Waals surface area contributed by atoms with Gasteiger partial charge in [0.05, 0.1) is 0 Å². The molecular weight excluding hydrogens is 212 g/mol. The molecule has 1 aromatic rings. The zero-order valence-electron chi connectivity index (χ0n) is 11.1. The summed E-state index contributed by atoms with van der Waals surface area (Å²) < 4.78 is 0. The van der Waals surface area contributed by atoms with Gasteiger partial charge in [0.15, 0.2) is 0 Å². The topological polar surface area (TPSA) is 55.1 Å². The summed E-state index contributed by atoms with van der Waals surface area (Å²) in [5, 5.41) is 2.91. The minimum atomic E-state index is -0.367. The highest BCUT2D eigenvalue weighted by Crippen LogP contribution is 2.15. The molecule has 17 heavy (non-hydrogen) atoms. The third-order valence-corrected chi connectivity index (χ3v) is 2.80. The number of hydrogen-bond donors (Lipinski definition) is 2. The minimum Gasteiger partial charge on any atom is -0.346 e. The molecule has 0 saturated heterocycles. The first-order chi connectivity index (χ1) is 7.85. The molecule has 0 aliphatic rings. The van der Waals surface area contributed by atoms with Crippen LogP contribution in [0, 0.1) is 0 Å². The van der Waals surface area contributed by atoms with Gasteiger partial charge in [-0.1, -0.05) is 26.0 Å². The predicted molar refractivity (Wildman–Crippen MR) is 71.1 cm³/mol. The molecule has 0 bridgehead atoms. The van der Waals surface area contributed by atoms with Crippen molar-refractivity contribution in [2.75, 3.05) is 6.54 Å². The van der Waals surface area contributed by atoms with Gasteiger partial charge in [-0.3, -0.25) is 4.79 Å². The third kappa shape index (κ3) is 3.86. The van der Waals surface area contributed by atoms with Crippen LogP contribution in [-0.2, 0) is 0 Å². The summed E-state index contributed by atoms with van der Waals surface area (Å²) >= 11 is 0. The van der Waals surface area contributed by atoms with E-state index in [1.54, 1.807) is 0 Å². The minimum absolute atomic E-state index is 0.0734. The monoisotopic (exact) mass is 234 g/mol. The summed E-state index contributed by atoms with van der Waals surface area (Å²) in [6, 6.07) is 7.71. The van der Waals surface area contributed by atoms with Crippen molar-refractivity contribution in [2.45, 2.75) is 39.2 Å². The molecule has 3 N–H and O–H groups in total. The maximum Gasteiger partial charge on any atom is 0.251 e. The van der Waals surface area contributed by atoms with Gasteiger partial charge in [0.25, 0.3) is 5.91 Å². The Morgan fingerprint density at radius 2 is 1.82 bits per heavy atom. The van der Waals surface area contributed by atoms with Crippen molar-refractivity contribution in [3.05, 3.63) is 35.4 Å². The second-order valence-electron chi connectivity index (χ2n) is 5.32. The Labute approximate surface area is 103 Å². The van der Waals surface area contributed by atoms with E-state index < -0.39 is 0 Å². The van der Waals surface area contributed by atoms with E-state index in [0.717, 1.165) is 0 Å². The van der Waals surface area contributed by atoms with E-state index in [4.69, 9.17) is 5.73 Å². The molecule has 0 unspecified atom stereocenters. The van der Waals surface area contributed by atoms with E-state index in [1.165, 1.54) is 5.56 Å². The fraction of sp³-hybridized carbons (Fsp3) is 0.500. The van der Waals surface area contributed by atoms with Crippen molar-refractivity contribution >= 4 is 5.91 Å². The molecule has 0 aliphatic heterocycles. The lowest BCUT2D eigenvalue weighted by atomic mass is 10.0. The Balaban J connectivity index is 2.77. The predicted octanol–water partition coefficient (Wildman–Crippen LogP) is 2.28. The fourth-order valence-corrected chi connectivity index (χ4v) is 1.45. The van der Waals surface area contributed by atoms with Gasteiger partial charge in [0.2, 0.25) is 0 Å². The van der Waals surface area contributed by atoms with E-state index >= 15 is 0 Å². The summed E-state index contributed by atoms with van der Waals surface area (Å²) in [6.45, 7) is 8.50. The summed E-state index contributed by atoms with van der Waals surface area (Å²) in [6.07, 6.45) is 0. The Morgan fingerprint density at radius 3 is 2.24 bits per heavy atom. The fourth-order valence-electron chi connectivity index (χ4n) is 1.45. The molecule has 0 aromatic heterocycles. The molecule has 0 saturated carbocycles. The molecule has 0 atom stereocenters. The van der Waals surface area contributed by atoms with Crippen LogP contribution in [0.25, 0.3) is 0 Å². The Kier molecular flexibility index (Phi) is 4.29. The molecule has 0 aliphatic carbocycles. The third-order valence-electron chi connectivity index (χ3n) is 2.80. The van der Waals surface area contributed by atoms with Gasteiger partial charge in [-0.05, 0) is 37.5 Å². The number of benzene rings is 1. The highest BCUT2D eigenvalue weighted by molar-refractivity contribution is 5.94. The number of nitrogens with one attached hydrogen (secondary N) is 1. The Bertz CT molecular complexity index is 380. The average Bonchev–Trinajstić information content (AvgIpc) is 2.28.